The summed E-state index contributed by atoms with van der Waals surface area (Å²) in [4.78, 5) is 14.1. The molecule has 1 N–H and O–H groups in total. The van der Waals surface area contributed by atoms with Gasteiger partial charge in [0.2, 0.25) is 0 Å². The Morgan fingerprint density at radius 1 is 1.46 bits per heavy atom. The van der Waals surface area contributed by atoms with E-state index in [0.29, 0.717) is 31.6 Å². The first-order chi connectivity index (χ1) is 11.4. The number of aromatic amines is 1. The summed E-state index contributed by atoms with van der Waals surface area (Å²) in [7, 11) is 0. The van der Waals surface area contributed by atoms with Crippen LogP contribution in [0.5, 0.6) is 0 Å². The van der Waals surface area contributed by atoms with Crippen LogP contribution in [0.2, 0.25) is 0 Å². The molecule has 2 aromatic rings. The van der Waals surface area contributed by atoms with Crippen LogP contribution in [0.4, 0.5) is 13.2 Å². The molecule has 1 aliphatic rings. The fraction of sp³-hybridized carbons (Fsp3) is 0.500. The van der Waals surface area contributed by atoms with Crippen LogP contribution >= 0.6 is 0 Å². The first kappa shape index (κ1) is 16.6. The van der Waals surface area contributed by atoms with E-state index in [1.807, 2.05) is 6.92 Å². The normalized spacial score (nSPS) is 18.8. The van der Waals surface area contributed by atoms with Crippen LogP contribution in [0.15, 0.2) is 22.6 Å². The largest absolute Gasteiger partial charge is 0.456 e. The quantitative estimate of drug-likeness (QED) is 0.928. The van der Waals surface area contributed by atoms with Gasteiger partial charge in [0.25, 0.3) is 5.91 Å². The van der Waals surface area contributed by atoms with Crippen molar-refractivity contribution >= 4 is 5.91 Å². The lowest BCUT2D eigenvalue weighted by Gasteiger charge is -2.31. The van der Waals surface area contributed by atoms with Crippen molar-refractivity contribution in [1.29, 1.82) is 0 Å². The zero-order valence-electron chi connectivity index (χ0n) is 13.2. The fourth-order valence-electron chi connectivity index (χ4n) is 2.95. The maximum Gasteiger partial charge on any atom is 0.435 e. The number of furan rings is 1. The molecule has 1 atom stereocenters. The number of carbonyl (C=O) groups is 1. The molecule has 5 nitrogen and oxygen atoms in total. The van der Waals surface area contributed by atoms with Crippen molar-refractivity contribution in [2.45, 2.75) is 38.3 Å². The molecule has 0 saturated carbocycles. The number of aryl methyl sites for hydroxylation is 1. The lowest BCUT2D eigenvalue weighted by molar-refractivity contribution is -0.141. The van der Waals surface area contributed by atoms with Gasteiger partial charge in [-0.15, -0.1) is 0 Å². The van der Waals surface area contributed by atoms with Gasteiger partial charge in [-0.3, -0.25) is 9.89 Å². The Balaban J connectivity index is 1.72. The Hall–Kier alpha value is -2.25. The summed E-state index contributed by atoms with van der Waals surface area (Å²) in [5.74, 6) is 0.588. The number of alkyl halides is 3. The van der Waals surface area contributed by atoms with E-state index in [4.69, 9.17) is 4.42 Å². The number of hydrogen-bond donors (Lipinski definition) is 1. The summed E-state index contributed by atoms with van der Waals surface area (Å²) < 4.78 is 43.5. The Morgan fingerprint density at radius 3 is 2.88 bits per heavy atom. The van der Waals surface area contributed by atoms with Gasteiger partial charge in [0.05, 0.1) is 0 Å². The van der Waals surface area contributed by atoms with E-state index in [-0.39, 0.29) is 17.6 Å². The van der Waals surface area contributed by atoms with E-state index >= 15 is 0 Å². The lowest BCUT2D eigenvalue weighted by atomic mass is 9.94. The molecule has 2 aromatic heterocycles. The van der Waals surface area contributed by atoms with Gasteiger partial charge in [-0.25, -0.2) is 0 Å². The fourth-order valence-corrected chi connectivity index (χ4v) is 2.95. The number of aromatic nitrogens is 2. The third-order valence-electron chi connectivity index (χ3n) is 4.26. The predicted molar refractivity (Wildman–Crippen MR) is 79.6 cm³/mol. The van der Waals surface area contributed by atoms with Gasteiger partial charge in [0, 0.05) is 31.1 Å². The highest BCUT2D eigenvalue weighted by Gasteiger charge is 2.35. The van der Waals surface area contributed by atoms with E-state index < -0.39 is 11.9 Å². The molecule has 0 aliphatic carbocycles. The minimum Gasteiger partial charge on any atom is -0.456 e. The molecule has 24 heavy (non-hydrogen) atoms. The van der Waals surface area contributed by atoms with Gasteiger partial charge in [-0.1, -0.05) is 6.92 Å². The van der Waals surface area contributed by atoms with E-state index in [2.05, 4.69) is 10.2 Å². The number of piperidine rings is 1. The van der Waals surface area contributed by atoms with Crippen LogP contribution in [0.3, 0.4) is 0 Å². The zero-order chi connectivity index (χ0) is 17.3. The average Bonchev–Trinajstić information content (AvgIpc) is 3.23. The van der Waals surface area contributed by atoms with Crippen molar-refractivity contribution in [3.8, 4) is 0 Å². The van der Waals surface area contributed by atoms with Crippen molar-refractivity contribution in [3.05, 3.63) is 41.1 Å². The number of halogens is 3. The van der Waals surface area contributed by atoms with Gasteiger partial charge < -0.3 is 9.32 Å². The van der Waals surface area contributed by atoms with Crippen LogP contribution in [0.1, 0.15) is 53.4 Å². The third-order valence-corrected chi connectivity index (χ3v) is 4.26. The van der Waals surface area contributed by atoms with Crippen LogP contribution in [0.25, 0.3) is 0 Å². The standard InChI is InChI=1S/C16H18F3N3O2/c1-2-11-5-6-13(24-11)15(23)22-7-3-4-10(9-22)12-8-14(21-20-12)16(17,18)19/h5-6,8,10H,2-4,7,9H2,1H3,(H,20,21)/t10-/m1/s1. The number of amides is 1. The smallest absolute Gasteiger partial charge is 0.435 e. The van der Waals surface area contributed by atoms with Crippen molar-refractivity contribution in [2.24, 2.45) is 0 Å². The number of nitrogens with zero attached hydrogens (tertiary/aromatic N) is 2. The molecule has 1 amide bonds. The molecule has 0 radical (unpaired) electrons. The highest BCUT2D eigenvalue weighted by molar-refractivity contribution is 5.91. The first-order valence-corrected chi connectivity index (χ1v) is 7.89. The Kier molecular flexibility index (Phi) is 4.38. The van der Waals surface area contributed by atoms with Crippen LogP contribution in [-0.4, -0.2) is 34.1 Å². The number of nitrogens with one attached hydrogen (secondary N) is 1. The van der Waals surface area contributed by atoms with Gasteiger partial charge in [0.1, 0.15) is 5.76 Å². The zero-order valence-corrected chi connectivity index (χ0v) is 13.2. The summed E-state index contributed by atoms with van der Waals surface area (Å²) in [6, 6.07) is 4.43. The van der Waals surface area contributed by atoms with Crippen LogP contribution < -0.4 is 0 Å². The highest BCUT2D eigenvalue weighted by Crippen LogP contribution is 2.32. The van der Waals surface area contributed by atoms with E-state index in [0.717, 1.165) is 18.2 Å². The molecule has 8 heteroatoms. The summed E-state index contributed by atoms with van der Waals surface area (Å²) in [6.45, 7) is 2.85. The van der Waals surface area contributed by atoms with Crippen LogP contribution in [0, 0.1) is 0 Å². The summed E-state index contributed by atoms with van der Waals surface area (Å²) in [5.41, 5.74) is -0.520. The molecular formula is C16H18F3N3O2. The summed E-state index contributed by atoms with van der Waals surface area (Å²) >= 11 is 0. The average molecular weight is 341 g/mol. The number of H-pyrrole nitrogens is 1. The molecule has 0 unspecified atom stereocenters. The van der Waals surface area contributed by atoms with E-state index in [1.165, 1.54) is 0 Å². The number of hydrogen-bond acceptors (Lipinski definition) is 3. The SMILES string of the molecule is CCc1ccc(C(=O)N2CCC[C@@H](c3cc(C(F)(F)F)n[nH]3)C2)o1. The second-order valence-corrected chi connectivity index (χ2v) is 5.92. The molecule has 0 aromatic carbocycles. The topological polar surface area (TPSA) is 62.1 Å². The van der Waals surface area contributed by atoms with E-state index in [1.54, 1.807) is 17.0 Å². The highest BCUT2D eigenvalue weighted by atomic mass is 19.4. The summed E-state index contributed by atoms with van der Waals surface area (Å²) in [6.07, 6.45) is -2.34. The van der Waals surface area contributed by atoms with Crippen molar-refractivity contribution in [2.75, 3.05) is 13.1 Å². The van der Waals surface area contributed by atoms with Gasteiger partial charge in [0.15, 0.2) is 11.5 Å². The second-order valence-electron chi connectivity index (χ2n) is 5.92. The molecule has 130 valence electrons. The van der Waals surface area contributed by atoms with Crippen LogP contribution in [-0.2, 0) is 12.6 Å². The maximum atomic E-state index is 12.7. The molecule has 0 bridgehead atoms. The van der Waals surface area contributed by atoms with Gasteiger partial charge in [-0.2, -0.15) is 18.3 Å². The van der Waals surface area contributed by atoms with Crippen molar-refractivity contribution < 1.29 is 22.4 Å². The Bertz CT molecular complexity index is 720. The first-order valence-electron chi connectivity index (χ1n) is 7.89. The molecule has 3 heterocycles. The second kappa shape index (κ2) is 6.33. The monoisotopic (exact) mass is 341 g/mol. The predicted octanol–water partition coefficient (Wildman–Crippen LogP) is 3.60. The number of rotatable bonds is 3. The Morgan fingerprint density at radius 2 is 2.25 bits per heavy atom. The van der Waals surface area contributed by atoms with Crippen molar-refractivity contribution in [1.82, 2.24) is 15.1 Å². The lowest BCUT2D eigenvalue weighted by Crippen LogP contribution is -2.39. The molecular weight excluding hydrogens is 323 g/mol. The number of likely N-dealkylation sites (tertiary alicyclic amines) is 1. The Labute approximate surface area is 136 Å². The van der Waals surface area contributed by atoms with E-state index in [9.17, 15) is 18.0 Å². The molecule has 0 spiro atoms. The molecule has 1 saturated heterocycles. The minimum absolute atomic E-state index is 0.188. The van der Waals surface area contributed by atoms with Crippen molar-refractivity contribution in [3.63, 3.8) is 0 Å². The van der Waals surface area contributed by atoms with Gasteiger partial charge >= 0.3 is 6.18 Å². The maximum absolute atomic E-state index is 12.7. The minimum atomic E-state index is -4.47. The number of carbonyl (C=O) groups excluding carboxylic acids is 1. The van der Waals surface area contributed by atoms with Gasteiger partial charge in [-0.05, 0) is 31.0 Å². The molecule has 1 aliphatic heterocycles. The molecule has 1 fully saturated rings. The third kappa shape index (κ3) is 3.32. The molecule has 3 rings (SSSR count). The summed E-state index contributed by atoms with van der Waals surface area (Å²) in [5, 5.41) is 5.80.